The topological polar surface area (TPSA) is 63.3 Å². The lowest BCUT2D eigenvalue weighted by atomic mass is 10.0. The Morgan fingerprint density at radius 2 is 2.29 bits per heavy atom. The Balaban J connectivity index is 2.85. The molecule has 1 atom stereocenters. The monoisotopic (exact) mass is 257 g/mol. The lowest BCUT2D eigenvalue weighted by Crippen LogP contribution is -2.13. The van der Waals surface area contributed by atoms with Crippen LogP contribution >= 0.6 is 15.9 Å². The predicted octanol–water partition coefficient (Wildman–Crippen LogP) is 2.29. The van der Waals surface area contributed by atoms with E-state index in [1.807, 2.05) is 12.1 Å². The van der Waals surface area contributed by atoms with Crippen molar-refractivity contribution in [1.82, 2.24) is 0 Å². The number of nitrogens with two attached hydrogens (primary N) is 1. The molecule has 1 aromatic rings. The molecule has 0 aliphatic heterocycles. The minimum Gasteiger partial charge on any atom is -0.481 e. The van der Waals surface area contributed by atoms with Gasteiger partial charge in [0.2, 0.25) is 0 Å². The average Bonchev–Trinajstić information content (AvgIpc) is 2.11. The first-order chi connectivity index (χ1) is 6.50. The van der Waals surface area contributed by atoms with Gasteiger partial charge in [-0.25, -0.2) is 0 Å². The lowest BCUT2D eigenvalue weighted by Gasteiger charge is -2.09. The van der Waals surface area contributed by atoms with Crippen molar-refractivity contribution in [3.05, 3.63) is 28.2 Å². The van der Waals surface area contributed by atoms with Gasteiger partial charge in [-0.1, -0.05) is 22.9 Å². The normalized spacial score (nSPS) is 12.4. The van der Waals surface area contributed by atoms with Crippen molar-refractivity contribution >= 4 is 27.6 Å². The number of carboxylic acids is 1. The van der Waals surface area contributed by atoms with E-state index in [4.69, 9.17) is 10.8 Å². The van der Waals surface area contributed by atoms with Gasteiger partial charge in [-0.15, -0.1) is 0 Å². The molecular formula is C10H12BrNO2. The van der Waals surface area contributed by atoms with Crippen molar-refractivity contribution in [2.75, 3.05) is 5.73 Å². The quantitative estimate of drug-likeness (QED) is 0.817. The second kappa shape index (κ2) is 4.46. The van der Waals surface area contributed by atoms with Crippen molar-refractivity contribution in [2.24, 2.45) is 5.92 Å². The Bertz CT molecular complexity index is 352. The molecule has 0 radical (unpaired) electrons. The van der Waals surface area contributed by atoms with E-state index in [-0.39, 0.29) is 0 Å². The summed E-state index contributed by atoms with van der Waals surface area (Å²) >= 11 is 3.32. The third-order valence-corrected chi connectivity index (χ3v) is 2.55. The van der Waals surface area contributed by atoms with Crippen molar-refractivity contribution in [2.45, 2.75) is 13.3 Å². The molecule has 1 rings (SSSR count). The molecule has 4 heteroatoms. The van der Waals surface area contributed by atoms with Crippen LogP contribution in [-0.4, -0.2) is 11.1 Å². The van der Waals surface area contributed by atoms with E-state index in [1.165, 1.54) is 0 Å². The van der Waals surface area contributed by atoms with E-state index in [0.717, 1.165) is 10.0 Å². The molecule has 0 bridgehead atoms. The Morgan fingerprint density at radius 3 is 2.86 bits per heavy atom. The maximum absolute atomic E-state index is 10.6. The maximum atomic E-state index is 10.6. The van der Waals surface area contributed by atoms with Crippen molar-refractivity contribution in [1.29, 1.82) is 0 Å². The van der Waals surface area contributed by atoms with Crippen LogP contribution in [0.15, 0.2) is 22.7 Å². The van der Waals surface area contributed by atoms with Crippen LogP contribution in [0.25, 0.3) is 0 Å². The number of benzene rings is 1. The zero-order chi connectivity index (χ0) is 10.7. The second-order valence-corrected chi connectivity index (χ2v) is 4.20. The minimum absolute atomic E-state index is 0.411. The number of hydrogen-bond acceptors (Lipinski definition) is 2. The van der Waals surface area contributed by atoms with Crippen LogP contribution in [0, 0.1) is 5.92 Å². The van der Waals surface area contributed by atoms with E-state index in [2.05, 4.69) is 15.9 Å². The Labute approximate surface area is 91.1 Å². The number of carbonyl (C=O) groups is 1. The molecule has 1 unspecified atom stereocenters. The summed E-state index contributed by atoms with van der Waals surface area (Å²) in [5, 5.41) is 8.75. The summed E-state index contributed by atoms with van der Waals surface area (Å²) in [5.41, 5.74) is 7.23. The summed E-state index contributed by atoms with van der Waals surface area (Å²) in [5.74, 6) is -1.21. The smallest absolute Gasteiger partial charge is 0.306 e. The van der Waals surface area contributed by atoms with Crippen LogP contribution in [0.1, 0.15) is 12.5 Å². The molecule has 0 saturated carbocycles. The Morgan fingerprint density at radius 1 is 1.64 bits per heavy atom. The highest BCUT2D eigenvalue weighted by atomic mass is 79.9. The molecule has 1 aromatic carbocycles. The first-order valence-corrected chi connectivity index (χ1v) is 5.06. The first kappa shape index (κ1) is 11.0. The van der Waals surface area contributed by atoms with Crippen LogP contribution in [0.5, 0.6) is 0 Å². The van der Waals surface area contributed by atoms with Gasteiger partial charge < -0.3 is 10.8 Å². The van der Waals surface area contributed by atoms with Gasteiger partial charge >= 0.3 is 5.97 Å². The third-order valence-electron chi connectivity index (χ3n) is 2.05. The van der Waals surface area contributed by atoms with Crippen molar-refractivity contribution in [3.63, 3.8) is 0 Å². The van der Waals surface area contributed by atoms with Crippen LogP contribution in [0.4, 0.5) is 5.69 Å². The van der Waals surface area contributed by atoms with Gasteiger partial charge in [0.25, 0.3) is 0 Å². The number of rotatable bonds is 3. The van der Waals surface area contributed by atoms with E-state index in [1.54, 1.807) is 13.0 Å². The summed E-state index contributed by atoms with van der Waals surface area (Å²) < 4.78 is 0.916. The summed E-state index contributed by atoms with van der Waals surface area (Å²) in [4.78, 5) is 10.6. The van der Waals surface area contributed by atoms with Crippen LogP contribution in [-0.2, 0) is 11.2 Å². The van der Waals surface area contributed by atoms with E-state index in [9.17, 15) is 4.79 Å². The van der Waals surface area contributed by atoms with E-state index >= 15 is 0 Å². The van der Waals surface area contributed by atoms with Crippen LogP contribution < -0.4 is 5.73 Å². The molecule has 3 nitrogen and oxygen atoms in total. The molecule has 14 heavy (non-hydrogen) atoms. The number of carboxylic acid groups (broad SMARTS) is 1. The molecule has 0 aromatic heterocycles. The predicted molar refractivity (Wildman–Crippen MR) is 59.1 cm³/mol. The number of nitrogen functional groups attached to an aromatic ring is 1. The molecule has 3 N–H and O–H groups in total. The largest absolute Gasteiger partial charge is 0.481 e. The number of hydrogen-bond donors (Lipinski definition) is 2. The minimum atomic E-state index is -0.802. The molecule has 0 heterocycles. The van der Waals surface area contributed by atoms with Crippen LogP contribution in [0.3, 0.4) is 0 Å². The van der Waals surface area contributed by atoms with Crippen LogP contribution in [0.2, 0.25) is 0 Å². The standard InChI is InChI=1S/C10H12BrNO2/c1-6(10(13)14)4-7-5-8(11)2-3-9(7)12/h2-3,5-6H,4,12H2,1H3,(H,13,14). The Hall–Kier alpha value is -1.03. The highest BCUT2D eigenvalue weighted by Crippen LogP contribution is 2.21. The molecule has 0 fully saturated rings. The fraction of sp³-hybridized carbons (Fsp3) is 0.300. The molecular weight excluding hydrogens is 246 g/mol. The molecule has 0 spiro atoms. The number of aliphatic carboxylic acids is 1. The van der Waals surface area contributed by atoms with Gasteiger partial charge in [-0.3, -0.25) is 4.79 Å². The van der Waals surface area contributed by atoms with Gasteiger partial charge in [0, 0.05) is 10.2 Å². The van der Waals surface area contributed by atoms with Gasteiger partial charge in [-0.2, -0.15) is 0 Å². The van der Waals surface area contributed by atoms with Gasteiger partial charge in [0.05, 0.1) is 5.92 Å². The highest BCUT2D eigenvalue weighted by Gasteiger charge is 2.13. The SMILES string of the molecule is CC(Cc1cc(Br)ccc1N)C(=O)O. The van der Waals surface area contributed by atoms with E-state index in [0.29, 0.717) is 12.1 Å². The van der Waals surface area contributed by atoms with Gasteiger partial charge in [0.1, 0.15) is 0 Å². The Kier molecular flexibility index (Phi) is 3.52. The summed E-state index contributed by atoms with van der Waals surface area (Å²) in [6, 6.07) is 5.47. The number of anilines is 1. The van der Waals surface area contributed by atoms with Crippen molar-refractivity contribution < 1.29 is 9.90 Å². The average molecular weight is 258 g/mol. The molecule has 76 valence electrons. The fourth-order valence-corrected chi connectivity index (χ4v) is 1.58. The highest BCUT2D eigenvalue weighted by molar-refractivity contribution is 9.10. The molecule has 0 aliphatic carbocycles. The van der Waals surface area contributed by atoms with Gasteiger partial charge in [-0.05, 0) is 30.2 Å². The molecule has 0 amide bonds. The zero-order valence-corrected chi connectivity index (χ0v) is 9.41. The molecule has 0 aliphatic rings. The summed E-state index contributed by atoms with van der Waals surface area (Å²) in [6.45, 7) is 1.67. The second-order valence-electron chi connectivity index (χ2n) is 3.29. The summed E-state index contributed by atoms with van der Waals surface area (Å²) in [6.07, 6.45) is 0.459. The zero-order valence-electron chi connectivity index (χ0n) is 7.83. The number of halogens is 1. The maximum Gasteiger partial charge on any atom is 0.306 e. The molecule has 0 saturated heterocycles. The third kappa shape index (κ3) is 2.73. The summed E-state index contributed by atoms with van der Waals surface area (Å²) in [7, 11) is 0. The van der Waals surface area contributed by atoms with E-state index < -0.39 is 11.9 Å². The van der Waals surface area contributed by atoms with Gasteiger partial charge in [0.15, 0.2) is 0 Å². The fourth-order valence-electron chi connectivity index (χ4n) is 1.17. The lowest BCUT2D eigenvalue weighted by molar-refractivity contribution is -0.141. The van der Waals surface area contributed by atoms with Crippen molar-refractivity contribution in [3.8, 4) is 0 Å². The first-order valence-electron chi connectivity index (χ1n) is 4.27.